The van der Waals surface area contributed by atoms with Crippen LogP contribution in [-0.2, 0) is 19.3 Å². The fourth-order valence-electron chi connectivity index (χ4n) is 9.03. The van der Waals surface area contributed by atoms with Crippen molar-refractivity contribution in [2.75, 3.05) is 40.5 Å². The number of aromatic nitrogens is 10. The second kappa shape index (κ2) is 18.8. The fourth-order valence-corrected chi connectivity index (χ4v) is 9.74. The normalized spacial score (nSPS) is 13.3. The lowest BCUT2D eigenvalue weighted by molar-refractivity contribution is 0.837. The molecule has 3 N–H and O–H groups in total. The van der Waals surface area contributed by atoms with Gasteiger partial charge in [-0.3, -0.25) is 13.7 Å². The van der Waals surface area contributed by atoms with Gasteiger partial charge in [-0.15, -0.1) is 30.6 Å². The number of nitrogen functional groups attached to an aromatic ring is 1. The van der Waals surface area contributed by atoms with Crippen molar-refractivity contribution in [3.8, 4) is 28.2 Å². The first-order valence-electron chi connectivity index (χ1n) is 22.6. The van der Waals surface area contributed by atoms with Crippen molar-refractivity contribution >= 4 is 66.1 Å². The molecule has 0 atom stereocenters. The Hall–Kier alpha value is -7.17. The lowest BCUT2D eigenvalue weighted by Gasteiger charge is -2.26. The Kier molecular flexibility index (Phi) is 12.4. The van der Waals surface area contributed by atoms with Crippen LogP contribution in [0.25, 0.3) is 28.2 Å². The number of hydrogen-bond donors (Lipinski definition) is 2. The number of pyridine rings is 1. The highest BCUT2D eigenvalue weighted by molar-refractivity contribution is 9.10. The van der Waals surface area contributed by atoms with Gasteiger partial charge in [0.05, 0.1) is 34.1 Å². The van der Waals surface area contributed by atoms with Gasteiger partial charge in [0.15, 0.2) is 0 Å². The Labute approximate surface area is 412 Å². The van der Waals surface area contributed by atoms with Crippen LogP contribution in [0.3, 0.4) is 0 Å². The smallest absolute Gasteiger partial charge is 0.139 e. The summed E-state index contributed by atoms with van der Waals surface area (Å²) in [5.74, 6) is 6.30. The fraction of sp³-hybridized carbons (Fsp3) is 0.212. The molecule has 0 fully saturated rings. The predicted octanol–water partition coefficient (Wildman–Crippen LogP) is 10.9. The molecule has 342 valence electrons. The van der Waals surface area contributed by atoms with Gasteiger partial charge in [-0.2, -0.15) is 0 Å². The maximum atomic E-state index is 5.77. The van der Waals surface area contributed by atoms with Crippen molar-refractivity contribution in [1.29, 1.82) is 0 Å². The van der Waals surface area contributed by atoms with Gasteiger partial charge in [-0.25, -0.2) is 4.98 Å². The highest BCUT2D eigenvalue weighted by Crippen LogP contribution is 2.39. The maximum absolute atomic E-state index is 5.77. The van der Waals surface area contributed by atoms with E-state index in [9.17, 15) is 0 Å². The number of anilines is 6. The van der Waals surface area contributed by atoms with E-state index in [1.54, 1.807) is 0 Å². The van der Waals surface area contributed by atoms with Gasteiger partial charge in [0.1, 0.15) is 40.8 Å². The summed E-state index contributed by atoms with van der Waals surface area (Å²) in [6, 6.07) is 40.2. The molecule has 0 amide bonds. The van der Waals surface area contributed by atoms with E-state index in [1.807, 2.05) is 45.2 Å². The summed E-state index contributed by atoms with van der Waals surface area (Å²) in [6.45, 7) is 12.8. The summed E-state index contributed by atoms with van der Waals surface area (Å²) < 4.78 is 8.59. The molecule has 12 rings (SSSR count). The van der Waals surface area contributed by atoms with Crippen LogP contribution in [0.5, 0.6) is 0 Å². The lowest BCUT2D eigenvalue weighted by atomic mass is 10.0. The zero-order valence-corrected chi connectivity index (χ0v) is 41.7. The summed E-state index contributed by atoms with van der Waals surface area (Å²) in [7, 11) is 0. The van der Waals surface area contributed by atoms with E-state index in [4.69, 9.17) is 5.73 Å². The molecule has 3 aliphatic rings. The third-order valence-electron chi connectivity index (χ3n) is 12.4. The summed E-state index contributed by atoms with van der Waals surface area (Å²) in [5, 5.41) is 29.1. The van der Waals surface area contributed by atoms with E-state index in [2.05, 4.69) is 207 Å². The van der Waals surface area contributed by atoms with E-state index in [-0.39, 0.29) is 0 Å². The van der Waals surface area contributed by atoms with Crippen LogP contribution >= 0.6 is 31.9 Å². The first-order valence-corrected chi connectivity index (χ1v) is 24.2. The van der Waals surface area contributed by atoms with Crippen molar-refractivity contribution in [3.63, 3.8) is 0 Å². The summed E-state index contributed by atoms with van der Waals surface area (Å²) in [6.07, 6.45) is 4.40. The minimum Gasteiger partial charge on any atom is -0.384 e. The third-order valence-corrected chi connectivity index (χ3v) is 13.4. The quantitative estimate of drug-likeness (QED) is 0.174. The average Bonchev–Trinajstić information content (AvgIpc) is 3.89. The molecule has 7 heterocycles. The highest BCUT2D eigenvalue weighted by atomic mass is 79.9. The molecule has 0 unspecified atom stereocenters. The van der Waals surface area contributed by atoms with Gasteiger partial charge in [0.2, 0.25) is 0 Å². The highest BCUT2D eigenvalue weighted by Gasteiger charge is 2.26. The number of hydrogen-bond acceptors (Lipinski definition) is 11. The molecule has 16 heteroatoms. The molecular formula is C52H50Br2N14. The molecule has 9 aromatic rings. The Balaban J connectivity index is 0.000000124. The largest absolute Gasteiger partial charge is 0.384 e. The molecule has 14 nitrogen and oxygen atoms in total. The second-order valence-electron chi connectivity index (χ2n) is 17.1. The molecular weight excluding hydrogens is 980 g/mol. The Morgan fingerprint density at radius 1 is 0.471 bits per heavy atom. The van der Waals surface area contributed by atoms with E-state index in [0.29, 0.717) is 5.82 Å². The predicted molar refractivity (Wildman–Crippen MR) is 277 cm³/mol. The average molecular weight is 1030 g/mol. The molecule has 68 heavy (non-hydrogen) atoms. The Morgan fingerprint density at radius 3 is 1.49 bits per heavy atom. The number of halogens is 2. The molecule has 0 saturated carbocycles. The summed E-state index contributed by atoms with van der Waals surface area (Å²) >= 11 is 7.09. The minimum absolute atomic E-state index is 0.523. The van der Waals surface area contributed by atoms with Crippen molar-refractivity contribution in [3.05, 3.63) is 176 Å². The monoisotopic (exact) mass is 1030 g/mol. The standard InChI is InChI=1S/C23H22N6.C18H17BrN4.C11H11BrN4/c1-15-3-7-19(8-4-15)28-12-11-23-27-26-16(2)29(23)20-9-5-17(13-21(20)28)18-6-10-22(24)25-14-18;1-12-3-6-15(7-4-12)22-10-9-18-21-20-13(2)23(18)16-8-5-14(19)11-17(16)22;1-7-14-15-11-4-5-13-9-6-8(12)2-3-10(9)16(7)11/h3-10,13-14H,11-12H2,1-2H3,(H2,24,25);3-8,11H,9-10H2,1-2H3;2-3,6,13H,4-5H2,1H3. The molecule has 4 aromatic heterocycles. The SMILES string of the molecule is Cc1ccc(N2CCc3nnc(C)n3-c3ccc(-c4ccc(N)nc4)cc32)cc1.Cc1ccc(N2CCc3nnc(C)n3-c3ccc(Br)cc32)cc1.Cc1nnc2n1-c1ccc(Br)cc1NCC2. The van der Waals surface area contributed by atoms with Gasteiger partial charge >= 0.3 is 0 Å². The second-order valence-corrected chi connectivity index (χ2v) is 18.9. The number of nitrogens with two attached hydrogens (primary N) is 1. The number of nitrogens with zero attached hydrogens (tertiary/aromatic N) is 12. The van der Waals surface area contributed by atoms with Gasteiger partial charge in [0.25, 0.3) is 0 Å². The number of benzene rings is 5. The first kappa shape index (κ1) is 44.7. The molecule has 0 radical (unpaired) electrons. The molecule has 0 aliphatic carbocycles. The number of aryl methyl sites for hydroxylation is 5. The summed E-state index contributed by atoms with van der Waals surface area (Å²) in [4.78, 5) is 8.97. The van der Waals surface area contributed by atoms with Crippen molar-refractivity contribution in [2.24, 2.45) is 0 Å². The van der Waals surface area contributed by atoms with Crippen molar-refractivity contribution < 1.29 is 0 Å². The van der Waals surface area contributed by atoms with Gasteiger partial charge in [-0.05, 0) is 125 Å². The third kappa shape index (κ3) is 8.88. The minimum atomic E-state index is 0.523. The van der Waals surface area contributed by atoms with E-state index in [1.165, 1.54) is 28.2 Å². The zero-order chi connectivity index (χ0) is 47.1. The van der Waals surface area contributed by atoms with Gasteiger partial charge < -0.3 is 20.9 Å². The van der Waals surface area contributed by atoms with E-state index < -0.39 is 0 Å². The topological polar surface area (TPSA) is 150 Å². The Morgan fingerprint density at radius 2 is 0.941 bits per heavy atom. The van der Waals surface area contributed by atoms with Crippen LogP contribution in [0.1, 0.15) is 46.1 Å². The van der Waals surface area contributed by atoms with Gasteiger partial charge in [-0.1, -0.05) is 73.3 Å². The van der Waals surface area contributed by atoms with Crippen LogP contribution in [0.4, 0.5) is 34.3 Å². The van der Waals surface area contributed by atoms with Crippen LogP contribution < -0.4 is 20.9 Å². The maximum Gasteiger partial charge on any atom is 0.139 e. The molecule has 0 saturated heterocycles. The van der Waals surface area contributed by atoms with E-state index >= 15 is 0 Å². The number of nitrogens with one attached hydrogen (secondary N) is 1. The van der Waals surface area contributed by atoms with Crippen LogP contribution in [0.2, 0.25) is 0 Å². The molecule has 0 spiro atoms. The zero-order valence-electron chi connectivity index (χ0n) is 38.5. The van der Waals surface area contributed by atoms with Crippen molar-refractivity contribution in [2.45, 2.75) is 53.9 Å². The van der Waals surface area contributed by atoms with E-state index in [0.717, 1.165) is 122 Å². The molecule has 3 aliphatic heterocycles. The number of fused-ring (bicyclic) bond motifs is 9. The van der Waals surface area contributed by atoms with Crippen LogP contribution in [0.15, 0.2) is 130 Å². The molecule has 5 aromatic carbocycles. The van der Waals surface area contributed by atoms with Crippen molar-refractivity contribution in [1.82, 2.24) is 49.3 Å². The Bertz CT molecular complexity index is 3260. The number of rotatable bonds is 3. The van der Waals surface area contributed by atoms with Crippen LogP contribution in [0, 0.1) is 34.6 Å². The lowest BCUT2D eigenvalue weighted by Crippen LogP contribution is -2.19. The van der Waals surface area contributed by atoms with Gasteiger partial charge in [0, 0.05) is 71.0 Å². The van der Waals surface area contributed by atoms with Crippen LogP contribution in [-0.4, -0.2) is 68.9 Å². The summed E-state index contributed by atoms with van der Waals surface area (Å²) in [5.41, 5.74) is 19.6. The molecule has 0 bridgehead atoms. The first-order chi connectivity index (χ1) is 33.0.